The number of likely N-dealkylation sites (tertiary alicyclic amines) is 1. The van der Waals surface area contributed by atoms with Crippen molar-refractivity contribution in [1.82, 2.24) is 9.80 Å². The molecule has 2 aromatic rings. The summed E-state index contributed by atoms with van der Waals surface area (Å²) in [4.78, 5) is 21.0. The topological polar surface area (TPSA) is 60.0 Å². The lowest BCUT2D eigenvalue weighted by Crippen LogP contribution is -2.63. The Labute approximate surface area is 171 Å². The number of rotatable bonds is 3. The van der Waals surface area contributed by atoms with E-state index in [2.05, 4.69) is 56.8 Å². The van der Waals surface area contributed by atoms with E-state index in [1.807, 2.05) is 12.1 Å². The Morgan fingerprint density at radius 2 is 1.86 bits per heavy atom. The van der Waals surface area contributed by atoms with Crippen molar-refractivity contribution in [2.45, 2.75) is 32.0 Å². The maximum atomic E-state index is 11.2. The minimum atomic E-state index is -0.0366. The van der Waals surface area contributed by atoms with Crippen molar-refractivity contribution in [2.75, 3.05) is 36.8 Å². The molecule has 3 aliphatic rings. The largest absolute Gasteiger partial charge is 0.362 e. The number of amides is 1. The van der Waals surface area contributed by atoms with Crippen LogP contribution in [0.4, 0.5) is 11.4 Å². The van der Waals surface area contributed by atoms with Gasteiger partial charge in [-0.1, -0.05) is 24.3 Å². The second kappa shape index (κ2) is 7.19. The fourth-order valence-corrected chi connectivity index (χ4v) is 4.83. The molecule has 150 valence electrons. The zero-order chi connectivity index (χ0) is 19.8. The molecular formula is C23H27N5O. The molecule has 3 aliphatic heterocycles. The highest BCUT2D eigenvalue weighted by atomic mass is 16.1. The number of fused-ring (bicyclic) bond motifs is 4. The first-order valence-electron chi connectivity index (χ1n) is 10.4. The van der Waals surface area contributed by atoms with Gasteiger partial charge in [0.15, 0.2) is 0 Å². The highest BCUT2D eigenvalue weighted by molar-refractivity contribution is 6.06. The smallest absolute Gasteiger partial charge is 0.221 e. The second-order valence-corrected chi connectivity index (χ2v) is 8.21. The van der Waals surface area contributed by atoms with Crippen LogP contribution >= 0.6 is 0 Å². The van der Waals surface area contributed by atoms with Crippen molar-refractivity contribution >= 4 is 23.1 Å². The molecular weight excluding hydrogens is 362 g/mol. The van der Waals surface area contributed by atoms with Crippen LogP contribution in [-0.2, 0) is 11.3 Å². The van der Waals surface area contributed by atoms with Crippen LogP contribution in [0.3, 0.4) is 0 Å². The SMILES string of the molecule is CC(=O)Nc1ccc(CN2CCC3(CC2)Nc2ccccc2C2=NCCN23)cc1. The maximum absolute atomic E-state index is 11.2. The summed E-state index contributed by atoms with van der Waals surface area (Å²) in [5, 5.41) is 6.70. The number of hydrogen-bond donors (Lipinski definition) is 2. The van der Waals surface area contributed by atoms with Crippen molar-refractivity contribution in [1.29, 1.82) is 0 Å². The van der Waals surface area contributed by atoms with Crippen molar-refractivity contribution in [2.24, 2.45) is 4.99 Å². The Bertz CT molecular complexity index is 944. The summed E-state index contributed by atoms with van der Waals surface area (Å²) in [6.07, 6.45) is 2.15. The third kappa shape index (κ3) is 3.38. The summed E-state index contributed by atoms with van der Waals surface area (Å²) < 4.78 is 0. The van der Waals surface area contributed by atoms with Gasteiger partial charge >= 0.3 is 0 Å². The summed E-state index contributed by atoms with van der Waals surface area (Å²) in [5.74, 6) is 1.13. The molecule has 0 bridgehead atoms. The van der Waals surface area contributed by atoms with Gasteiger partial charge in [0.25, 0.3) is 0 Å². The number of nitrogens with one attached hydrogen (secondary N) is 2. The van der Waals surface area contributed by atoms with E-state index in [0.29, 0.717) is 0 Å². The zero-order valence-electron chi connectivity index (χ0n) is 16.8. The van der Waals surface area contributed by atoms with E-state index in [9.17, 15) is 4.79 Å². The Morgan fingerprint density at radius 3 is 2.62 bits per heavy atom. The van der Waals surface area contributed by atoms with Crippen molar-refractivity contribution in [3.63, 3.8) is 0 Å². The average molecular weight is 390 g/mol. The maximum Gasteiger partial charge on any atom is 0.221 e. The molecule has 0 aromatic heterocycles. The van der Waals surface area contributed by atoms with Crippen molar-refractivity contribution < 1.29 is 4.79 Å². The molecule has 3 heterocycles. The van der Waals surface area contributed by atoms with Gasteiger partial charge in [-0.25, -0.2) is 0 Å². The molecule has 0 aliphatic carbocycles. The van der Waals surface area contributed by atoms with Gasteiger partial charge in [-0.3, -0.25) is 14.7 Å². The summed E-state index contributed by atoms with van der Waals surface area (Å²) in [6.45, 7) is 6.46. The van der Waals surface area contributed by atoms with Gasteiger partial charge in [0.2, 0.25) is 5.91 Å². The van der Waals surface area contributed by atoms with E-state index in [4.69, 9.17) is 4.99 Å². The molecule has 0 radical (unpaired) electrons. The molecule has 6 nitrogen and oxygen atoms in total. The van der Waals surface area contributed by atoms with Crippen LogP contribution in [0.25, 0.3) is 0 Å². The average Bonchev–Trinajstić information content (AvgIpc) is 3.22. The lowest BCUT2D eigenvalue weighted by Gasteiger charge is -2.52. The van der Waals surface area contributed by atoms with Crippen molar-refractivity contribution in [3.05, 3.63) is 59.7 Å². The fraction of sp³-hybridized carbons (Fsp3) is 0.391. The molecule has 0 unspecified atom stereocenters. The molecule has 2 N–H and O–H groups in total. The van der Waals surface area contributed by atoms with E-state index in [1.165, 1.54) is 29.6 Å². The first kappa shape index (κ1) is 18.2. The van der Waals surface area contributed by atoms with Gasteiger partial charge < -0.3 is 15.5 Å². The molecule has 2 aromatic carbocycles. The van der Waals surface area contributed by atoms with Gasteiger partial charge in [-0.05, 0) is 29.8 Å². The zero-order valence-corrected chi connectivity index (χ0v) is 16.8. The van der Waals surface area contributed by atoms with Crippen LogP contribution in [0, 0.1) is 0 Å². The van der Waals surface area contributed by atoms with Gasteiger partial charge in [0.05, 0.1) is 6.54 Å². The van der Waals surface area contributed by atoms with E-state index in [1.54, 1.807) is 0 Å². The van der Waals surface area contributed by atoms with E-state index >= 15 is 0 Å². The number of aliphatic imine (C=N–C) groups is 1. The van der Waals surface area contributed by atoms with Crippen LogP contribution in [0.1, 0.15) is 30.9 Å². The minimum Gasteiger partial charge on any atom is -0.362 e. The number of anilines is 2. The molecule has 5 rings (SSSR count). The minimum absolute atomic E-state index is 0.0184. The van der Waals surface area contributed by atoms with E-state index in [0.717, 1.165) is 51.3 Å². The number of carbonyl (C=O) groups excluding carboxylic acids is 1. The molecule has 0 atom stereocenters. The van der Waals surface area contributed by atoms with Crippen LogP contribution in [0.5, 0.6) is 0 Å². The van der Waals surface area contributed by atoms with Crippen LogP contribution in [0.15, 0.2) is 53.5 Å². The van der Waals surface area contributed by atoms with Crippen LogP contribution in [-0.4, -0.2) is 53.4 Å². The number of nitrogens with zero attached hydrogens (tertiary/aromatic N) is 3. The normalized spacial score (nSPS) is 19.9. The predicted octanol–water partition coefficient (Wildman–Crippen LogP) is 3.13. The number of para-hydroxylation sites is 1. The van der Waals surface area contributed by atoms with Gasteiger partial charge in [-0.15, -0.1) is 0 Å². The predicted molar refractivity (Wildman–Crippen MR) is 116 cm³/mol. The lowest BCUT2D eigenvalue weighted by molar-refractivity contribution is -0.114. The number of hydrogen-bond acceptors (Lipinski definition) is 5. The van der Waals surface area contributed by atoms with E-state index < -0.39 is 0 Å². The van der Waals surface area contributed by atoms with Gasteiger partial charge in [0, 0.05) is 62.9 Å². The molecule has 29 heavy (non-hydrogen) atoms. The first-order valence-corrected chi connectivity index (χ1v) is 10.4. The Hall–Kier alpha value is -2.86. The third-order valence-corrected chi connectivity index (χ3v) is 6.26. The molecule has 1 amide bonds. The summed E-state index contributed by atoms with van der Waals surface area (Å²) in [7, 11) is 0. The number of piperidine rings is 1. The highest BCUT2D eigenvalue weighted by Gasteiger charge is 2.46. The molecule has 1 saturated heterocycles. The quantitative estimate of drug-likeness (QED) is 0.847. The number of amidine groups is 1. The Kier molecular flexibility index (Phi) is 4.51. The molecule has 0 saturated carbocycles. The second-order valence-electron chi connectivity index (χ2n) is 8.21. The standard InChI is InChI=1S/C23H27N5O/c1-17(29)25-19-8-6-18(7-9-19)16-27-13-10-23(11-14-27)26-21-5-3-2-4-20(21)22-24-12-15-28(22)23/h2-9,26H,10-16H2,1H3,(H,25,29). The van der Waals surface area contributed by atoms with Gasteiger partial charge in [0.1, 0.15) is 11.5 Å². The van der Waals surface area contributed by atoms with E-state index in [-0.39, 0.29) is 11.6 Å². The summed E-state index contributed by atoms with van der Waals surface area (Å²) in [6, 6.07) is 16.7. The number of benzene rings is 2. The molecule has 1 spiro atoms. The lowest BCUT2D eigenvalue weighted by atomic mass is 9.90. The van der Waals surface area contributed by atoms with Gasteiger partial charge in [-0.2, -0.15) is 0 Å². The van der Waals surface area contributed by atoms with Crippen LogP contribution < -0.4 is 10.6 Å². The highest BCUT2D eigenvalue weighted by Crippen LogP contribution is 2.39. The summed E-state index contributed by atoms with van der Waals surface area (Å²) >= 11 is 0. The molecule has 1 fully saturated rings. The number of carbonyl (C=O) groups is 1. The Morgan fingerprint density at radius 1 is 1.10 bits per heavy atom. The summed E-state index contributed by atoms with van der Waals surface area (Å²) in [5.41, 5.74) is 4.56. The monoisotopic (exact) mass is 389 g/mol. The van der Waals surface area contributed by atoms with Crippen LogP contribution in [0.2, 0.25) is 0 Å². The van der Waals surface area contributed by atoms with Crippen molar-refractivity contribution in [3.8, 4) is 0 Å². The Balaban J connectivity index is 1.27. The third-order valence-electron chi connectivity index (χ3n) is 6.26. The fourth-order valence-electron chi connectivity index (χ4n) is 4.83. The molecule has 6 heteroatoms. The first-order chi connectivity index (χ1) is 14.1.